The minimum absolute atomic E-state index is 0. The summed E-state index contributed by atoms with van der Waals surface area (Å²) in [5, 5.41) is 6.61. The van der Waals surface area contributed by atoms with E-state index in [1.54, 1.807) is 11.1 Å². The second-order valence-corrected chi connectivity index (χ2v) is 6.52. The van der Waals surface area contributed by atoms with Crippen LogP contribution in [0.2, 0.25) is 0 Å². The Balaban J connectivity index is 0.00000280. The molecule has 2 aromatic rings. The van der Waals surface area contributed by atoms with Crippen molar-refractivity contribution >= 4 is 35.6 Å². The molecular weight excluding hydrogens is 475 g/mol. The fourth-order valence-electron chi connectivity index (χ4n) is 3.23. The van der Waals surface area contributed by atoms with Gasteiger partial charge >= 0.3 is 0 Å². The molecule has 1 aromatic heterocycles. The monoisotopic (exact) mass is 501 g/mol. The molecule has 1 aliphatic rings. The molecular formula is C20H26F2IN5. The van der Waals surface area contributed by atoms with Crippen LogP contribution in [0, 0.1) is 11.6 Å². The highest BCUT2D eigenvalue weighted by molar-refractivity contribution is 14.0. The van der Waals surface area contributed by atoms with Crippen molar-refractivity contribution in [2.24, 2.45) is 4.99 Å². The quantitative estimate of drug-likeness (QED) is 0.362. The third-order valence-electron chi connectivity index (χ3n) is 4.52. The van der Waals surface area contributed by atoms with E-state index in [1.807, 2.05) is 25.3 Å². The highest BCUT2D eigenvalue weighted by atomic mass is 127. The summed E-state index contributed by atoms with van der Waals surface area (Å²) < 4.78 is 28.0. The average molecular weight is 501 g/mol. The molecule has 1 atom stereocenters. The van der Waals surface area contributed by atoms with Gasteiger partial charge in [0.1, 0.15) is 17.3 Å². The lowest BCUT2D eigenvalue weighted by atomic mass is 10.2. The molecule has 1 unspecified atom stereocenters. The van der Waals surface area contributed by atoms with E-state index in [1.165, 1.54) is 18.2 Å². The fourth-order valence-corrected chi connectivity index (χ4v) is 3.23. The van der Waals surface area contributed by atoms with E-state index in [0.717, 1.165) is 30.9 Å². The van der Waals surface area contributed by atoms with E-state index < -0.39 is 11.6 Å². The highest BCUT2D eigenvalue weighted by Gasteiger charge is 2.27. The number of guanidine groups is 1. The number of halogens is 3. The van der Waals surface area contributed by atoms with Gasteiger partial charge in [0.25, 0.3) is 0 Å². The molecule has 1 fully saturated rings. The maximum Gasteiger partial charge on any atom is 0.191 e. The van der Waals surface area contributed by atoms with E-state index in [2.05, 4.69) is 20.6 Å². The van der Waals surface area contributed by atoms with E-state index >= 15 is 0 Å². The van der Waals surface area contributed by atoms with Crippen LogP contribution in [0.5, 0.6) is 0 Å². The Hall–Kier alpha value is -1.97. The zero-order chi connectivity index (χ0) is 19.1. The van der Waals surface area contributed by atoms with Gasteiger partial charge in [-0.3, -0.25) is 9.98 Å². The number of pyridine rings is 1. The Morgan fingerprint density at radius 3 is 2.71 bits per heavy atom. The predicted octanol–water partition coefficient (Wildman–Crippen LogP) is 3.35. The topological polar surface area (TPSA) is 52.6 Å². The number of rotatable bonds is 6. The number of hydrogen-bond donors (Lipinski definition) is 2. The average Bonchev–Trinajstić information content (AvgIpc) is 3.10. The van der Waals surface area contributed by atoms with Gasteiger partial charge in [0.05, 0.1) is 0 Å². The van der Waals surface area contributed by atoms with Crippen molar-refractivity contribution in [1.29, 1.82) is 0 Å². The normalized spacial score (nSPS) is 16.6. The van der Waals surface area contributed by atoms with Crippen LogP contribution in [0.15, 0.2) is 47.7 Å². The predicted molar refractivity (Wildman–Crippen MR) is 119 cm³/mol. The lowest BCUT2D eigenvalue weighted by Crippen LogP contribution is -2.44. The van der Waals surface area contributed by atoms with Gasteiger partial charge in [-0.2, -0.15) is 0 Å². The summed E-state index contributed by atoms with van der Waals surface area (Å²) >= 11 is 0. The van der Waals surface area contributed by atoms with Crippen molar-refractivity contribution in [3.05, 3.63) is 59.9 Å². The first-order valence-electron chi connectivity index (χ1n) is 9.30. The van der Waals surface area contributed by atoms with Crippen molar-refractivity contribution in [2.75, 3.05) is 31.1 Å². The molecule has 0 aliphatic carbocycles. The molecule has 2 heterocycles. The molecule has 0 bridgehead atoms. The van der Waals surface area contributed by atoms with Crippen molar-refractivity contribution in [3.63, 3.8) is 0 Å². The molecule has 0 spiro atoms. The minimum atomic E-state index is -0.521. The SMILES string of the molecule is CCNC(=NCCc1cccnc1)NC1CCN(c2c(F)cccc2F)C1.I. The van der Waals surface area contributed by atoms with Crippen LogP contribution in [-0.2, 0) is 6.42 Å². The van der Waals surface area contributed by atoms with Crippen LogP contribution in [0.1, 0.15) is 18.9 Å². The van der Waals surface area contributed by atoms with Crippen molar-refractivity contribution < 1.29 is 8.78 Å². The van der Waals surface area contributed by atoms with Crippen LogP contribution >= 0.6 is 24.0 Å². The number of nitrogens with one attached hydrogen (secondary N) is 2. The van der Waals surface area contributed by atoms with Gasteiger partial charge in [-0.15, -0.1) is 24.0 Å². The molecule has 0 amide bonds. The molecule has 28 heavy (non-hydrogen) atoms. The van der Waals surface area contributed by atoms with Crippen molar-refractivity contribution in [3.8, 4) is 0 Å². The Morgan fingerprint density at radius 2 is 2.04 bits per heavy atom. The number of anilines is 1. The molecule has 8 heteroatoms. The highest BCUT2D eigenvalue weighted by Crippen LogP contribution is 2.26. The second-order valence-electron chi connectivity index (χ2n) is 6.52. The number of hydrogen-bond acceptors (Lipinski definition) is 3. The van der Waals surface area contributed by atoms with Crippen molar-refractivity contribution in [1.82, 2.24) is 15.6 Å². The largest absolute Gasteiger partial charge is 0.365 e. The third kappa shape index (κ3) is 6.02. The summed E-state index contributed by atoms with van der Waals surface area (Å²) in [5.41, 5.74) is 1.19. The summed E-state index contributed by atoms with van der Waals surface area (Å²) in [6, 6.07) is 8.00. The zero-order valence-electron chi connectivity index (χ0n) is 15.9. The summed E-state index contributed by atoms with van der Waals surface area (Å²) in [7, 11) is 0. The van der Waals surface area contributed by atoms with Gasteiger partial charge in [0.2, 0.25) is 0 Å². The van der Waals surface area contributed by atoms with Gasteiger partial charge < -0.3 is 15.5 Å². The number of benzene rings is 1. The molecule has 3 rings (SSSR count). The number of para-hydroxylation sites is 1. The maximum absolute atomic E-state index is 14.0. The minimum Gasteiger partial charge on any atom is -0.365 e. The molecule has 0 radical (unpaired) electrons. The number of nitrogens with zero attached hydrogens (tertiary/aromatic N) is 3. The number of aliphatic imine (C=N–C) groups is 1. The molecule has 0 saturated carbocycles. The summed E-state index contributed by atoms with van der Waals surface area (Å²) in [6.45, 7) is 4.53. The van der Waals surface area contributed by atoms with Crippen molar-refractivity contribution in [2.45, 2.75) is 25.8 Å². The fraction of sp³-hybridized carbons (Fsp3) is 0.400. The van der Waals surface area contributed by atoms with E-state index in [-0.39, 0.29) is 35.7 Å². The van der Waals surface area contributed by atoms with Crippen LogP contribution < -0.4 is 15.5 Å². The van der Waals surface area contributed by atoms with Gasteiger partial charge in [-0.1, -0.05) is 12.1 Å². The molecule has 1 saturated heterocycles. The summed E-state index contributed by atoms with van der Waals surface area (Å²) in [6.07, 6.45) is 5.19. The first-order valence-corrected chi connectivity index (χ1v) is 9.30. The van der Waals surface area contributed by atoms with Gasteiger partial charge in [-0.05, 0) is 43.5 Å². The molecule has 5 nitrogen and oxygen atoms in total. The molecule has 2 N–H and O–H groups in total. The molecule has 152 valence electrons. The molecule has 1 aromatic carbocycles. The zero-order valence-corrected chi connectivity index (χ0v) is 18.2. The Labute approximate surface area is 181 Å². The van der Waals surface area contributed by atoms with Crippen LogP contribution in [0.25, 0.3) is 0 Å². The first-order chi connectivity index (χ1) is 13.2. The van der Waals surface area contributed by atoms with Crippen LogP contribution in [0.3, 0.4) is 0 Å². The standard InChI is InChI=1S/C20H25F2N5.HI/c1-2-24-20(25-11-8-15-5-4-10-23-13-15)26-16-9-12-27(14-16)19-17(21)6-3-7-18(19)22;/h3-7,10,13,16H,2,8-9,11-12,14H2,1H3,(H2,24,25,26);1H. The maximum atomic E-state index is 14.0. The Morgan fingerprint density at radius 1 is 1.25 bits per heavy atom. The van der Waals surface area contributed by atoms with E-state index in [0.29, 0.717) is 19.6 Å². The van der Waals surface area contributed by atoms with Gasteiger partial charge in [0.15, 0.2) is 5.96 Å². The van der Waals surface area contributed by atoms with Gasteiger partial charge in [-0.25, -0.2) is 8.78 Å². The lowest BCUT2D eigenvalue weighted by molar-refractivity contribution is 0.576. The third-order valence-corrected chi connectivity index (χ3v) is 4.52. The summed E-state index contributed by atoms with van der Waals surface area (Å²) in [5.74, 6) is -0.317. The summed E-state index contributed by atoms with van der Waals surface area (Å²) in [4.78, 5) is 10.5. The Bertz CT molecular complexity index is 752. The van der Waals surface area contributed by atoms with E-state index in [4.69, 9.17) is 0 Å². The van der Waals surface area contributed by atoms with Gasteiger partial charge in [0, 0.05) is 44.6 Å². The first kappa shape index (κ1) is 22.3. The Kier molecular flexibility index (Phi) is 8.88. The smallest absolute Gasteiger partial charge is 0.191 e. The molecule has 1 aliphatic heterocycles. The lowest BCUT2D eigenvalue weighted by Gasteiger charge is -2.21. The van der Waals surface area contributed by atoms with E-state index in [9.17, 15) is 8.78 Å². The van der Waals surface area contributed by atoms with Crippen LogP contribution in [0.4, 0.5) is 14.5 Å². The van der Waals surface area contributed by atoms with Crippen LogP contribution in [-0.4, -0.2) is 43.2 Å². The number of aromatic nitrogens is 1. The second kappa shape index (κ2) is 11.1.